The molecule has 100 valence electrons. The van der Waals surface area contributed by atoms with Gasteiger partial charge in [-0.1, -0.05) is 39.0 Å². The number of aryl methyl sites for hydroxylation is 2. The maximum absolute atomic E-state index is 12.0. The summed E-state index contributed by atoms with van der Waals surface area (Å²) in [6.07, 6.45) is 7.99. The summed E-state index contributed by atoms with van der Waals surface area (Å²) in [5.74, 6) is 0.246. The molecule has 2 heteroatoms. The molecule has 0 radical (unpaired) electrons. The van der Waals surface area contributed by atoms with Crippen LogP contribution in [0, 0.1) is 13.8 Å². The van der Waals surface area contributed by atoms with Crippen LogP contribution in [0.4, 0.5) is 0 Å². The van der Waals surface area contributed by atoms with Crippen LogP contribution in [0.1, 0.15) is 73.6 Å². The summed E-state index contributed by atoms with van der Waals surface area (Å²) in [5, 5.41) is 0. The van der Waals surface area contributed by atoms with Crippen LogP contribution in [-0.2, 0) is 0 Å². The minimum absolute atomic E-state index is 0.246. The van der Waals surface area contributed by atoms with E-state index in [9.17, 15) is 4.79 Å². The van der Waals surface area contributed by atoms with Gasteiger partial charge in [0.15, 0.2) is 5.78 Å². The number of unbranched alkanes of at least 4 members (excludes halogenated alkanes) is 5. The van der Waals surface area contributed by atoms with E-state index in [2.05, 4.69) is 11.9 Å². The number of carbonyl (C=O) groups excluding carboxylic acids is 1. The molecule has 0 unspecified atom stereocenters. The second kappa shape index (κ2) is 8.02. The van der Waals surface area contributed by atoms with Crippen LogP contribution in [-0.4, -0.2) is 10.8 Å². The zero-order valence-corrected chi connectivity index (χ0v) is 12.0. The fourth-order valence-electron chi connectivity index (χ4n) is 2.18. The van der Waals surface area contributed by atoms with Gasteiger partial charge in [-0.2, -0.15) is 0 Å². The molecule has 0 spiro atoms. The van der Waals surface area contributed by atoms with E-state index < -0.39 is 0 Å². The van der Waals surface area contributed by atoms with Crippen molar-refractivity contribution in [1.29, 1.82) is 0 Å². The topological polar surface area (TPSA) is 30.0 Å². The van der Waals surface area contributed by atoms with Gasteiger partial charge in [-0.3, -0.25) is 9.78 Å². The molecule has 0 N–H and O–H groups in total. The molecule has 2 nitrogen and oxygen atoms in total. The summed E-state index contributed by atoms with van der Waals surface area (Å²) < 4.78 is 0. The van der Waals surface area contributed by atoms with E-state index in [1.54, 1.807) is 0 Å². The third-order valence-corrected chi connectivity index (χ3v) is 3.28. The van der Waals surface area contributed by atoms with Gasteiger partial charge < -0.3 is 0 Å². The molecule has 0 aromatic carbocycles. The number of carbonyl (C=O) groups is 1. The van der Waals surface area contributed by atoms with E-state index in [1.807, 2.05) is 26.0 Å². The van der Waals surface area contributed by atoms with Crippen molar-refractivity contribution in [1.82, 2.24) is 4.98 Å². The Morgan fingerprint density at radius 1 is 1.06 bits per heavy atom. The largest absolute Gasteiger partial charge is 0.294 e. The number of aromatic nitrogens is 1. The Morgan fingerprint density at radius 2 is 1.72 bits per heavy atom. The maximum Gasteiger partial charge on any atom is 0.164 e. The van der Waals surface area contributed by atoms with Crippen LogP contribution in [0.15, 0.2) is 12.1 Å². The molecule has 0 saturated heterocycles. The third-order valence-electron chi connectivity index (χ3n) is 3.28. The summed E-state index contributed by atoms with van der Waals surface area (Å²) in [6.45, 7) is 6.09. The molecule has 0 saturated carbocycles. The molecule has 0 fully saturated rings. The number of pyridine rings is 1. The van der Waals surface area contributed by atoms with Crippen LogP contribution >= 0.6 is 0 Å². The third kappa shape index (κ3) is 4.99. The van der Waals surface area contributed by atoms with Gasteiger partial charge in [0.05, 0.1) is 0 Å². The molecule has 0 aliphatic heterocycles. The molecule has 0 amide bonds. The predicted molar refractivity (Wildman–Crippen MR) is 76.0 cm³/mol. The van der Waals surface area contributed by atoms with Gasteiger partial charge in [0.1, 0.15) is 0 Å². The van der Waals surface area contributed by atoms with Crippen molar-refractivity contribution in [2.75, 3.05) is 0 Å². The van der Waals surface area contributed by atoms with Crippen molar-refractivity contribution in [2.24, 2.45) is 0 Å². The molecule has 0 bridgehead atoms. The van der Waals surface area contributed by atoms with Crippen molar-refractivity contribution in [3.63, 3.8) is 0 Å². The van der Waals surface area contributed by atoms with E-state index in [0.29, 0.717) is 6.42 Å². The van der Waals surface area contributed by atoms with Crippen molar-refractivity contribution in [3.8, 4) is 0 Å². The zero-order chi connectivity index (χ0) is 13.4. The van der Waals surface area contributed by atoms with Gasteiger partial charge in [0, 0.05) is 23.4 Å². The van der Waals surface area contributed by atoms with Crippen LogP contribution in [0.5, 0.6) is 0 Å². The Bertz CT molecular complexity index is 385. The normalized spacial score (nSPS) is 10.6. The summed E-state index contributed by atoms with van der Waals surface area (Å²) in [6, 6.07) is 3.83. The first-order valence-corrected chi connectivity index (χ1v) is 7.12. The van der Waals surface area contributed by atoms with Gasteiger partial charge in [-0.05, 0) is 32.4 Å². The first-order valence-electron chi connectivity index (χ1n) is 7.12. The van der Waals surface area contributed by atoms with E-state index in [0.717, 1.165) is 23.4 Å². The summed E-state index contributed by atoms with van der Waals surface area (Å²) in [7, 11) is 0. The van der Waals surface area contributed by atoms with Gasteiger partial charge in [0.2, 0.25) is 0 Å². The highest BCUT2D eigenvalue weighted by Crippen LogP contribution is 2.13. The average molecular weight is 247 g/mol. The first kappa shape index (κ1) is 14.9. The summed E-state index contributed by atoms with van der Waals surface area (Å²) in [4.78, 5) is 16.4. The second-order valence-corrected chi connectivity index (χ2v) is 5.03. The molecule has 1 heterocycles. The molecule has 1 aromatic heterocycles. The van der Waals surface area contributed by atoms with Crippen molar-refractivity contribution < 1.29 is 4.79 Å². The Balaban J connectivity index is 2.32. The number of ketones is 1. The second-order valence-electron chi connectivity index (χ2n) is 5.03. The number of rotatable bonds is 8. The Hall–Kier alpha value is -1.18. The van der Waals surface area contributed by atoms with Crippen LogP contribution in [0.3, 0.4) is 0 Å². The van der Waals surface area contributed by atoms with E-state index in [-0.39, 0.29) is 5.78 Å². The monoisotopic (exact) mass is 247 g/mol. The predicted octanol–water partition coefficient (Wildman–Crippen LogP) is 4.63. The highest BCUT2D eigenvalue weighted by atomic mass is 16.1. The van der Waals surface area contributed by atoms with E-state index in [4.69, 9.17) is 0 Å². The Kier molecular flexibility index (Phi) is 6.63. The number of hydrogen-bond donors (Lipinski definition) is 0. The SMILES string of the molecule is CCCCCCCCC(=O)c1ccc(C)nc1C. The minimum Gasteiger partial charge on any atom is -0.294 e. The highest BCUT2D eigenvalue weighted by Gasteiger charge is 2.09. The Morgan fingerprint density at radius 3 is 2.39 bits per heavy atom. The standard InChI is InChI=1S/C16H25NO/c1-4-5-6-7-8-9-10-16(18)15-12-11-13(2)17-14(15)3/h11-12H,4-10H2,1-3H3. The van der Waals surface area contributed by atoms with Crippen LogP contribution in [0.2, 0.25) is 0 Å². The zero-order valence-electron chi connectivity index (χ0n) is 12.0. The van der Waals surface area contributed by atoms with Crippen LogP contribution in [0.25, 0.3) is 0 Å². The minimum atomic E-state index is 0.246. The lowest BCUT2D eigenvalue weighted by atomic mass is 10.0. The number of nitrogens with zero attached hydrogens (tertiary/aromatic N) is 1. The molecule has 0 atom stereocenters. The van der Waals surface area contributed by atoms with Gasteiger partial charge in [0.25, 0.3) is 0 Å². The van der Waals surface area contributed by atoms with Gasteiger partial charge in [-0.15, -0.1) is 0 Å². The van der Waals surface area contributed by atoms with E-state index >= 15 is 0 Å². The molecule has 0 aliphatic carbocycles. The summed E-state index contributed by atoms with van der Waals surface area (Å²) >= 11 is 0. The molecular formula is C16H25NO. The fraction of sp³-hybridized carbons (Fsp3) is 0.625. The smallest absolute Gasteiger partial charge is 0.164 e. The molecule has 0 aliphatic rings. The molecule has 1 aromatic rings. The van der Waals surface area contributed by atoms with Gasteiger partial charge >= 0.3 is 0 Å². The highest BCUT2D eigenvalue weighted by molar-refractivity contribution is 5.96. The van der Waals surface area contributed by atoms with Crippen LogP contribution < -0.4 is 0 Å². The lowest BCUT2D eigenvalue weighted by Crippen LogP contribution is -2.04. The maximum atomic E-state index is 12.0. The quantitative estimate of drug-likeness (QED) is 0.495. The van der Waals surface area contributed by atoms with Crippen molar-refractivity contribution >= 4 is 5.78 Å². The summed E-state index contributed by atoms with van der Waals surface area (Å²) in [5.41, 5.74) is 2.64. The molecular weight excluding hydrogens is 222 g/mol. The van der Waals surface area contributed by atoms with Crippen molar-refractivity contribution in [3.05, 3.63) is 29.1 Å². The van der Waals surface area contributed by atoms with E-state index in [1.165, 1.54) is 32.1 Å². The lowest BCUT2D eigenvalue weighted by Gasteiger charge is -2.05. The average Bonchev–Trinajstić information content (AvgIpc) is 2.33. The number of hydrogen-bond acceptors (Lipinski definition) is 2. The van der Waals surface area contributed by atoms with Gasteiger partial charge in [-0.25, -0.2) is 0 Å². The Labute approximate surface area is 111 Å². The first-order chi connectivity index (χ1) is 8.65. The fourth-order valence-corrected chi connectivity index (χ4v) is 2.18. The molecule has 1 rings (SSSR count). The number of Topliss-reactive ketones (excluding diaryl/α,β-unsaturated/α-hetero) is 1. The van der Waals surface area contributed by atoms with Crippen molar-refractivity contribution in [2.45, 2.75) is 65.7 Å². The lowest BCUT2D eigenvalue weighted by molar-refractivity contribution is 0.0978. The molecule has 18 heavy (non-hydrogen) atoms.